The summed E-state index contributed by atoms with van der Waals surface area (Å²) in [6, 6.07) is 5.84. The maximum absolute atomic E-state index is 11.3. The third-order valence-electron chi connectivity index (χ3n) is 3.81. The third-order valence-corrected chi connectivity index (χ3v) is 3.81. The molecule has 1 heterocycles. The van der Waals surface area contributed by atoms with Crippen molar-refractivity contribution in [1.29, 1.82) is 0 Å². The Bertz CT molecular complexity index is 698. The van der Waals surface area contributed by atoms with E-state index in [0.717, 1.165) is 22.3 Å². The molecule has 0 aliphatic heterocycles. The molecular weight excluding hydrogens is 292 g/mol. The first kappa shape index (κ1) is 17.1. The maximum Gasteiger partial charge on any atom is 0.163 e. The van der Waals surface area contributed by atoms with Crippen molar-refractivity contribution in [1.82, 2.24) is 4.98 Å². The fourth-order valence-electron chi connectivity index (χ4n) is 2.43. The van der Waals surface area contributed by atoms with Crippen LogP contribution in [0.25, 0.3) is 10.9 Å². The quantitative estimate of drug-likeness (QED) is 0.752. The second kappa shape index (κ2) is 7.81. The molecule has 0 saturated carbocycles. The molecule has 0 aliphatic rings. The Hall–Kier alpha value is -2.30. The van der Waals surface area contributed by atoms with Crippen LogP contribution in [0.1, 0.15) is 31.7 Å². The Morgan fingerprint density at radius 1 is 1.26 bits per heavy atom. The summed E-state index contributed by atoms with van der Waals surface area (Å²) in [6.45, 7) is 4.41. The fraction of sp³-hybridized carbons (Fsp3) is 0.444. The molecule has 5 nitrogen and oxygen atoms in total. The smallest absolute Gasteiger partial charge is 0.163 e. The predicted molar refractivity (Wildman–Crippen MR) is 92.6 cm³/mol. The van der Waals surface area contributed by atoms with E-state index in [0.29, 0.717) is 37.4 Å². The zero-order valence-electron chi connectivity index (χ0n) is 14.2. The lowest BCUT2D eigenvalue weighted by Crippen LogP contribution is -2.03. The first-order chi connectivity index (χ1) is 11.1. The summed E-state index contributed by atoms with van der Waals surface area (Å²) < 4.78 is 11.2. The lowest BCUT2D eigenvalue weighted by Gasteiger charge is -2.13. The number of aromatic nitrogens is 1. The van der Waals surface area contributed by atoms with Gasteiger partial charge in [0, 0.05) is 31.3 Å². The maximum atomic E-state index is 11.3. The molecule has 23 heavy (non-hydrogen) atoms. The highest BCUT2D eigenvalue weighted by Crippen LogP contribution is 2.34. The summed E-state index contributed by atoms with van der Waals surface area (Å²) in [6.07, 6.45) is 1.83. The van der Waals surface area contributed by atoms with E-state index in [-0.39, 0.29) is 5.78 Å². The second-order valence-electron chi connectivity index (χ2n) is 5.44. The summed E-state index contributed by atoms with van der Waals surface area (Å²) in [5.41, 5.74) is 1.98. The molecule has 0 spiro atoms. The Morgan fingerprint density at radius 2 is 2.04 bits per heavy atom. The van der Waals surface area contributed by atoms with Crippen molar-refractivity contribution in [3.05, 3.63) is 23.8 Å². The normalized spacial score (nSPS) is 10.6. The molecule has 0 radical (unpaired) electrons. The molecule has 0 amide bonds. The number of fused-ring (bicyclic) bond motifs is 1. The number of nitrogens with one attached hydrogen (secondary N) is 1. The molecular formula is C18H24N2O3. The van der Waals surface area contributed by atoms with E-state index in [1.54, 1.807) is 7.11 Å². The number of methoxy groups -OCH3 is 1. The van der Waals surface area contributed by atoms with Gasteiger partial charge in [-0.05, 0) is 31.0 Å². The van der Waals surface area contributed by atoms with Crippen LogP contribution in [0.2, 0.25) is 0 Å². The van der Waals surface area contributed by atoms with E-state index in [9.17, 15) is 4.79 Å². The molecule has 0 unspecified atom stereocenters. The van der Waals surface area contributed by atoms with E-state index < -0.39 is 0 Å². The number of nitrogens with zero attached hydrogens (tertiary/aromatic N) is 1. The largest absolute Gasteiger partial charge is 0.493 e. The molecule has 2 rings (SSSR count). The number of carbonyl (C=O) groups excluding carboxylic acids is 1. The van der Waals surface area contributed by atoms with Crippen molar-refractivity contribution in [2.75, 3.05) is 26.1 Å². The van der Waals surface area contributed by atoms with Crippen LogP contribution in [0.4, 0.5) is 5.82 Å². The van der Waals surface area contributed by atoms with Crippen LogP contribution < -0.4 is 14.8 Å². The number of ketones is 1. The van der Waals surface area contributed by atoms with E-state index >= 15 is 0 Å². The van der Waals surface area contributed by atoms with Crippen molar-refractivity contribution in [3.63, 3.8) is 0 Å². The summed E-state index contributed by atoms with van der Waals surface area (Å²) in [5, 5.41) is 4.09. The second-order valence-corrected chi connectivity index (χ2v) is 5.44. The summed E-state index contributed by atoms with van der Waals surface area (Å²) in [5.74, 6) is 2.42. The van der Waals surface area contributed by atoms with Crippen LogP contribution in [0.3, 0.4) is 0 Å². The minimum absolute atomic E-state index is 0.259. The third kappa shape index (κ3) is 4.12. The van der Waals surface area contributed by atoms with E-state index in [2.05, 4.69) is 10.3 Å². The fourth-order valence-corrected chi connectivity index (χ4v) is 2.43. The monoisotopic (exact) mass is 316 g/mol. The molecule has 1 aromatic carbocycles. The van der Waals surface area contributed by atoms with Crippen LogP contribution in [-0.2, 0) is 4.79 Å². The molecule has 5 heteroatoms. The topological polar surface area (TPSA) is 60.5 Å². The van der Waals surface area contributed by atoms with Crippen molar-refractivity contribution in [2.45, 2.75) is 33.1 Å². The lowest BCUT2D eigenvalue weighted by atomic mass is 10.1. The number of rotatable bonds is 8. The lowest BCUT2D eigenvalue weighted by molar-refractivity contribution is -0.118. The molecule has 2 aromatic rings. The van der Waals surface area contributed by atoms with Gasteiger partial charge in [0.15, 0.2) is 11.5 Å². The van der Waals surface area contributed by atoms with Gasteiger partial charge in [-0.15, -0.1) is 0 Å². The highest BCUT2D eigenvalue weighted by atomic mass is 16.5. The van der Waals surface area contributed by atoms with Gasteiger partial charge in [-0.25, -0.2) is 4.98 Å². The predicted octanol–water partition coefficient (Wildman–Crippen LogP) is 3.73. The highest BCUT2D eigenvalue weighted by molar-refractivity contribution is 5.87. The number of ether oxygens (including phenoxy) is 2. The molecule has 0 atom stereocenters. The van der Waals surface area contributed by atoms with Gasteiger partial charge in [0.1, 0.15) is 11.6 Å². The van der Waals surface area contributed by atoms with E-state index in [1.807, 2.05) is 39.1 Å². The number of anilines is 1. The molecule has 124 valence electrons. The van der Waals surface area contributed by atoms with Crippen molar-refractivity contribution < 1.29 is 14.3 Å². The molecule has 0 aliphatic carbocycles. The van der Waals surface area contributed by atoms with Crippen molar-refractivity contribution >= 4 is 22.5 Å². The molecule has 0 fully saturated rings. The first-order valence-corrected chi connectivity index (χ1v) is 7.90. The van der Waals surface area contributed by atoms with Gasteiger partial charge in [-0.3, -0.25) is 4.79 Å². The van der Waals surface area contributed by atoms with Gasteiger partial charge in [0.2, 0.25) is 0 Å². The number of hydrogen-bond acceptors (Lipinski definition) is 5. The average Bonchev–Trinajstić information content (AvgIpc) is 2.57. The number of carbonyl (C=O) groups is 1. The summed E-state index contributed by atoms with van der Waals surface area (Å²) >= 11 is 0. The van der Waals surface area contributed by atoms with Gasteiger partial charge < -0.3 is 14.8 Å². The highest BCUT2D eigenvalue weighted by Gasteiger charge is 2.11. The number of benzene rings is 1. The summed E-state index contributed by atoms with van der Waals surface area (Å²) in [4.78, 5) is 15.9. The van der Waals surface area contributed by atoms with Crippen LogP contribution in [0, 0.1) is 6.92 Å². The molecule has 1 aromatic heterocycles. The van der Waals surface area contributed by atoms with Gasteiger partial charge in [-0.1, -0.05) is 6.92 Å². The molecule has 1 N–H and O–H groups in total. The molecule has 0 bridgehead atoms. The average molecular weight is 316 g/mol. The zero-order valence-corrected chi connectivity index (χ0v) is 14.2. The zero-order chi connectivity index (χ0) is 16.8. The number of pyridine rings is 1. The van der Waals surface area contributed by atoms with Gasteiger partial charge >= 0.3 is 0 Å². The Morgan fingerprint density at radius 3 is 2.70 bits per heavy atom. The minimum atomic E-state index is 0.259. The molecule has 0 saturated heterocycles. The van der Waals surface area contributed by atoms with Gasteiger partial charge in [-0.2, -0.15) is 0 Å². The summed E-state index contributed by atoms with van der Waals surface area (Å²) in [7, 11) is 3.47. The van der Waals surface area contributed by atoms with E-state index in [1.165, 1.54) is 0 Å². The van der Waals surface area contributed by atoms with Gasteiger partial charge in [0.25, 0.3) is 0 Å². The Kier molecular flexibility index (Phi) is 5.79. The van der Waals surface area contributed by atoms with Crippen LogP contribution >= 0.6 is 0 Å². The van der Waals surface area contributed by atoms with Crippen LogP contribution in [0.5, 0.6) is 11.5 Å². The first-order valence-electron chi connectivity index (χ1n) is 7.90. The van der Waals surface area contributed by atoms with Crippen LogP contribution in [0.15, 0.2) is 18.2 Å². The minimum Gasteiger partial charge on any atom is -0.493 e. The SMILES string of the molecule is CCC(=O)CCCOc1cc2nc(NC)cc(C)c2cc1OC. The van der Waals surface area contributed by atoms with Gasteiger partial charge in [0.05, 0.1) is 19.2 Å². The standard InChI is InChI=1S/C18H24N2O3/c1-5-13(21)7-6-8-23-17-11-15-14(10-16(17)22-4)12(2)9-18(19-3)20-15/h9-11H,5-8H2,1-4H3,(H,19,20). The van der Waals surface area contributed by atoms with Crippen molar-refractivity contribution in [2.24, 2.45) is 0 Å². The number of hydrogen-bond donors (Lipinski definition) is 1. The van der Waals surface area contributed by atoms with E-state index in [4.69, 9.17) is 9.47 Å². The van der Waals surface area contributed by atoms with Crippen molar-refractivity contribution in [3.8, 4) is 11.5 Å². The Balaban J connectivity index is 2.22. The number of aryl methyl sites for hydroxylation is 1. The Labute approximate surface area is 137 Å². The number of Topliss-reactive ketones (excluding diaryl/α,β-unsaturated/α-hetero) is 1. The van der Waals surface area contributed by atoms with Crippen LogP contribution in [-0.4, -0.2) is 31.5 Å².